The zero-order chi connectivity index (χ0) is 20.0. The van der Waals surface area contributed by atoms with Crippen molar-refractivity contribution in [2.24, 2.45) is 0 Å². The average molecular weight is 414 g/mol. The van der Waals surface area contributed by atoms with Crippen LogP contribution in [0.25, 0.3) is 33.4 Å². The third-order valence-corrected chi connectivity index (χ3v) is 5.12. The van der Waals surface area contributed by atoms with Gasteiger partial charge in [-0.25, -0.2) is 4.79 Å². The quantitative estimate of drug-likeness (QED) is 0.350. The molecule has 0 radical (unpaired) electrons. The van der Waals surface area contributed by atoms with Crippen LogP contribution in [0.4, 0.5) is 0 Å². The van der Waals surface area contributed by atoms with Crippen LogP contribution in [0.2, 0.25) is 10.0 Å². The first kappa shape index (κ1) is 18.3. The van der Waals surface area contributed by atoms with Gasteiger partial charge in [-0.1, -0.05) is 35.3 Å². The van der Waals surface area contributed by atoms with Crippen LogP contribution in [-0.4, -0.2) is 13.1 Å². The van der Waals surface area contributed by atoms with Crippen LogP contribution in [-0.2, 0) is 4.74 Å². The fraction of sp³-hybridized carbons (Fsp3) is 0.0476. The summed E-state index contributed by atoms with van der Waals surface area (Å²) >= 11 is 12.3. The molecule has 1 aliphatic carbocycles. The number of hydrogen-bond acceptors (Lipinski definition) is 5. The van der Waals surface area contributed by atoms with Gasteiger partial charge in [0.05, 0.1) is 22.7 Å². The van der Waals surface area contributed by atoms with Gasteiger partial charge in [0, 0.05) is 22.6 Å². The second kappa shape index (κ2) is 6.86. The van der Waals surface area contributed by atoms with E-state index in [0.29, 0.717) is 22.1 Å². The Morgan fingerprint density at radius 2 is 1.75 bits per heavy atom. The van der Waals surface area contributed by atoms with Gasteiger partial charge < -0.3 is 14.3 Å². The van der Waals surface area contributed by atoms with Crippen molar-refractivity contribution in [3.05, 3.63) is 74.4 Å². The van der Waals surface area contributed by atoms with Crippen molar-refractivity contribution in [2.75, 3.05) is 7.11 Å². The van der Waals surface area contributed by atoms with Crippen molar-refractivity contribution in [2.45, 2.75) is 0 Å². The Morgan fingerprint density at radius 3 is 2.50 bits per heavy atom. The number of carbonyl (C=O) groups is 1. The normalized spacial score (nSPS) is 11.1. The van der Waals surface area contributed by atoms with Gasteiger partial charge in [0.25, 0.3) is 0 Å². The molecular formula is C21H11Cl2O5-. The van der Waals surface area contributed by atoms with E-state index in [0.717, 1.165) is 0 Å². The van der Waals surface area contributed by atoms with Gasteiger partial charge in [0.2, 0.25) is 0 Å². The Hall–Kier alpha value is -3.02. The molecular weight excluding hydrogens is 403 g/mol. The molecule has 2 aliphatic rings. The molecule has 2 aromatic rings. The van der Waals surface area contributed by atoms with Crippen LogP contribution in [0.1, 0.15) is 10.4 Å². The molecule has 4 rings (SSSR count). The summed E-state index contributed by atoms with van der Waals surface area (Å²) in [6.45, 7) is 0. The van der Waals surface area contributed by atoms with E-state index in [2.05, 4.69) is 0 Å². The number of fused-ring (bicyclic) bond motifs is 2. The van der Waals surface area contributed by atoms with Crippen LogP contribution in [0.15, 0.2) is 57.7 Å². The molecule has 0 aromatic heterocycles. The van der Waals surface area contributed by atoms with Crippen molar-refractivity contribution in [3.8, 4) is 28.2 Å². The number of esters is 1. The van der Waals surface area contributed by atoms with Crippen LogP contribution in [0.5, 0.6) is 5.75 Å². The molecule has 0 fully saturated rings. The Balaban J connectivity index is 2.21. The van der Waals surface area contributed by atoms with E-state index >= 15 is 0 Å². The zero-order valence-corrected chi connectivity index (χ0v) is 15.9. The fourth-order valence-corrected chi connectivity index (χ4v) is 3.50. The molecule has 0 bridgehead atoms. The molecule has 0 spiro atoms. The predicted molar refractivity (Wildman–Crippen MR) is 105 cm³/mol. The van der Waals surface area contributed by atoms with E-state index in [1.54, 1.807) is 18.2 Å². The molecule has 0 unspecified atom stereocenters. The molecule has 28 heavy (non-hydrogen) atoms. The molecule has 0 atom stereocenters. The summed E-state index contributed by atoms with van der Waals surface area (Å²) in [6.07, 6.45) is 0. The maximum absolute atomic E-state index is 12.4. The standard InChI is InChI=1S/C21H12Cl2O5/c1-27-21(26)15-9-17(23)16(22)8-14(15)20-12-4-2-10(24)6-18(12)28-19-7-11(25)3-5-13(19)20/h2-9,24H,1H3/p-1. The monoisotopic (exact) mass is 413 g/mol. The number of hydrogen-bond donors (Lipinski definition) is 0. The topological polar surface area (TPSA) is 79.6 Å². The zero-order valence-electron chi connectivity index (χ0n) is 14.4. The van der Waals surface area contributed by atoms with Crippen LogP contribution in [0, 0.1) is 0 Å². The van der Waals surface area contributed by atoms with Gasteiger partial charge in [-0.3, -0.25) is 4.79 Å². The molecule has 0 saturated carbocycles. The number of ether oxygens (including phenoxy) is 1. The highest BCUT2D eigenvalue weighted by atomic mass is 35.5. The number of methoxy groups -OCH3 is 1. The van der Waals surface area contributed by atoms with E-state index in [-0.39, 0.29) is 38.1 Å². The summed E-state index contributed by atoms with van der Waals surface area (Å²) in [5, 5.41) is 12.8. The summed E-state index contributed by atoms with van der Waals surface area (Å²) in [5.74, 6) is -0.568. The lowest BCUT2D eigenvalue weighted by atomic mass is 9.90. The van der Waals surface area contributed by atoms with Gasteiger partial charge in [-0.2, -0.15) is 0 Å². The first-order chi connectivity index (χ1) is 13.4. The number of benzene rings is 3. The van der Waals surface area contributed by atoms with Gasteiger partial charge in [-0.05, 0) is 35.9 Å². The Bertz CT molecular complexity index is 1280. The lowest BCUT2D eigenvalue weighted by Gasteiger charge is -2.18. The summed E-state index contributed by atoms with van der Waals surface area (Å²) in [5.41, 5.74) is 1.83. The fourth-order valence-electron chi connectivity index (χ4n) is 3.17. The van der Waals surface area contributed by atoms with Gasteiger partial charge >= 0.3 is 5.97 Å². The SMILES string of the molecule is COC(=O)c1cc(Cl)c(Cl)cc1-c1c2ccc(=O)cc-2oc2cc([O-])ccc12. The minimum atomic E-state index is -0.600. The second-order valence-electron chi connectivity index (χ2n) is 6.10. The maximum atomic E-state index is 12.4. The minimum Gasteiger partial charge on any atom is -0.872 e. The Labute approximate surface area is 169 Å². The molecule has 2 aromatic carbocycles. The summed E-state index contributed by atoms with van der Waals surface area (Å²) < 4.78 is 10.7. The molecule has 0 saturated heterocycles. The lowest BCUT2D eigenvalue weighted by Crippen LogP contribution is -2.06. The maximum Gasteiger partial charge on any atom is 0.338 e. The molecule has 0 N–H and O–H groups in total. The van der Waals surface area contributed by atoms with Crippen molar-refractivity contribution < 1.29 is 19.1 Å². The van der Waals surface area contributed by atoms with Crippen molar-refractivity contribution in [3.63, 3.8) is 0 Å². The molecule has 1 aliphatic heterocycles. The predicted octanol–water partition coefficient (Wildman–Crippen LogP) is 4.73. The number of halogens is 2. The highest BCUT2D eigenvalue weighted by Crippen LogP contribution is 2.43. The second-order valence-corrected chi connectivity index (χ2v) is 6.91. The first-order valence-corrected chi connectivity index (χ1v) is 8.90. The molecule has 140 valence electrons. The Morgan fingerprint density at radius 1 is 1.00 bits per heavy atom. The lowest BCUT2D eigenvalue weighted by molar-refractivity contribution is -0.268. The Kier molecular flexibility index (Phi) is 4.49. The molecule has 7 heteroatoms. The van der Waals surface area contributed by atoms with E-state index in [4.69, 9.17) is 32.4 Å². The van der Waals surface area contributed by atoms with Gasteiger partial charge in [0.1, 0.15) is 11.3 Å². The molecule has 0 amide bonds. The summed E-state index contributed by atoms with van der Waals surface area (Å²) in [6, 6.07) is 11.6. The van der Waals surface area contributed by atoms with Crippen LogP contribution >= 0.6 is 23.2 Å². The van der Waals surface area contributed by atoms with Crippen molar-refractivity contribution >= 4 is 40.1 Å². The van der Waals surface area contributed by atoms with Crippen LogP contribution in [0.3, 0.4) is 0 Å². The van der Waals surface area contributed by atoms with Crippen LogP contribution < -0.4 is 10.5 Å². The third kappa shape index (κ3) is 2.99. The van der Waals surface area contributed by atoms with E-state index < -0.39 is 5.97 Å². The third-order valence-electron chi connectivity index (χ3n) is 4.40. The van der Waals surface area contributed by atoms with E-state index in [9.17, 15) is 14.7 Å². The van der Waals surface area contributed by atoms with Crippen molar-refractivity contribution in [1.82, 2.24) is 0 Å². The largest absolute Gasteiger partial charge is 0.872 e. The minimum absolute atomic E-state index is 0.197. The summed E-state index contributed by atoms with van der Waals surface area (Å²) in [7, 11) is 1.26. The number of carbonyl (C=O) groups excluding carboxylic acids is 1. The molecule has 5 nitrogen and oxygen atoms in total. The number of rotatable bonds is 2. The first-order valence-electron chi connectivity index (χ1n) is 8.14. The summed E-state index contributed by atoms with van der Waals surface area (Å²) in [4.78, 5) is 24.2. The average Bonchev–Trinajstić information content (AvgIpc) is 2.67. The smallest absolute Gasteiger partial charge is 0.338 e. The van der Waals surface area contributed by atoms with Crippen molar-refractivity contribution in [1.29, 1.82) is 0 Å². The highest BCUT2D eigenvalue weighted by molar-refractivity contribution is 6.42. The van der Waals surface area contributed by atoms with Gasteiger partial charge in [0.15, 0.2) is 5.43 Å². The van der Waals surface area contributed by atoms with E-state index in [1.165, 1.54) is 37.4 Å². The van der Waals surface area contributed by atoms with E-state index in [1.807, 2.05) is 0 Å². The molecule has 1 heterocycles. The van der Waals surface area contributed by atoms with Gasteiger partial charge in [-0.15, -0.1) is 5.75 Å². The highest BCUT2D eigenvalue weighted by Gasteiger charge is 2.23.